The van der Waals surface area contributed by atoms with Crippen molar-refractivity contribution >= 4 is 23.1 Å². The number of rotatable bonds is 2. The fourth-order valence-electron chi connectivity index (χ4n) is 1.49. The van der Waals surface area contributed by atoms with Gasteiger partial charge < -0.3 is 5.32 Å². The van der Waals surface area contributed by atoms with E-state index in [1.54, 1.807) is 18.2 Å². The molecule has 0 unspecified atom stereocenters. The fraction of sp³-hybridized carbons (Fsp3) is 0.0833. The molecule has 1 heterocycles. The van der Waals surface area contributed by atoms with Gasteiger partial charge >= 0.3 is 5.69 Å². The molecule has 0 amide bonds. The highest BCUT2D eigenvalue weighted by molar-refractivity contribution is 6.30. The maximum Gasteiger partial charge on any atom is 0.347 e. The summed E-state index contributed by atoms with van der Waals surface area (Å²) < 4.78 is 0. The molecule has 2 rings (SSSR count). The molecule has 0 fully saturated rings. The highest BCUT2D eigenvalue weighted by Crippen LogP contribution is 2.22. The van der Waals surface area contributed by atoms with Crippen LogP contribution in [0.25, 0.3) is 0 Å². The average molecular weight is 261 g/mol. The molecule has 0 aliphatic carbocycles. The van der Waals surface area contributed by atoms with Gasteiger partial charge in [-0.3, -0.25) is 4.98 Å². The van der Waals surface area contributed by atoms with E-state index in [1.165, 1.54) is 6.07 Å². The van der Waals surface area contributed by atoms with E-state index in [1.807, 2.05) is 13.0 Å². The summed E-state index contributed by atoms with van der Waals surface area (Å²) in [6.45, 7) is 1.88. The number of benzene rings is 1. The van der Waals surface area contributed by atoms with E-state index in [2.05, 4.69) is 15.3 Å². The first-order valence-corrected chi connectivity index (χ1v) is 5.51. The van der Waals surface area contributed by atoms with Gasteiger partial charge in [-0.1, -0.05) is 11.6 Å². The summed E-state index contributed by atoms with van der Waals surface area (Å²) >= 11 is 5.85. The largest absolute Gasteiger partial charge is 0.347 e. The Balaban J connectivity index is 2.37. The number of anilines is 2. The summed E-state index contributed by atoms with van der Waals surface area (Å²) in [6.07, 6.45) is 0. The number of aryl methyl sites for hydroxylation is 1. The quantitative estimate of drug-likeness (QED) is 0.868. The molecule has 0 saturated carbocycles. The molecule has 1 aromatic heterocycles. The maximum absolute atomic E-state index is 11.2. The van der Waals surface area contributed by atoms with E-state index in [0.717, 1.165) is 11.3 Å². The number of halogens is 1. The second-order valence-corrected chi connectivity index (χ2v) is 4.12. The van der Waals surface area contributed by atoms with Crippen molar-refractivity contribution < 1.29 is 0 Å². The zero-order valence-corrected chi connectivity index (χ0v) is 10.2. The number of nitrogens with one attached hydrogen (secondary N) is 2. The highest BCUT2D eigenvalue weighted by atomic mass is 35.5. The molecule has 0 aliphatic heterocycles. The van der Waals surface area contributed by atoms with Crippen molar-refractivity contribution in [2.45, 2.75) is 6.92 Å². The van der Waals surface area contributed by atoms with Crippen LogP contribution >= 0.6 is 11.6 Å². The van der Waals surface area contributed by atoms with E-state index < -0.39 is 5.69 Å². The van der Waals surface area contributed by atoms with Crippen LogP contribution in [0.3, 0.4) is 0 Å². The van der Waals surface area contributed by atoms with Gasteiger partial charge in [0, 0.05) is 16.8 Å². The first-order valence-electron chi connectivity index (χ1n) is 5.13. The van der Waals surface area contributed by atoms with Crippen molar-refractivity contribution in [2.24, 2.45) is 0 Å². The van der Waals surface area contributed by atoms with Gasteiger partial charge in [0.2, 0.25) is 0 Å². The molecule has 1 aromatic carbocycles. The second kappa shape index (κ2) is 4.90. The number of aromatic nitrogens is 2. The van der Waals surface area contributed by atoms with Crippen LogP contribution in [0.2, 0.25) is 5.02 Å². The Labute approximate surface area is 108 Å². The van der Waals surface area contributed by atoms with Gasteiger partial charge in [-0.25, -0.2) is 4.79 Å². The predicted molar refractivity (Wildman–Crippen MR) is 69.0 cm³/mol. The Hall–Kier alpha value is -2.32. The van der Waals surface area contributed by atoms with E-state index in [0.29, 0.717) is 10.8 Å². The van der Waals surface area contributed by atoms with Crippen LogP contribution in [0.15, 0.2) is 29.1 Å². The minimum absolute atomic E-state index is 0.157. The van der Waals surface area contributed by atoms with Crippen LogP contribution in [0, 0.1) is 18.3 Å². The van der Waals surface area contributed by atoms with Crippen molar-refractivity contribution in [3.8, 4) is 6.07 Å². The minimum atomic E-state index is -0.567. The Kier molecular flexibility index (Phi) is 3.31. The van der Waals surface area contributed by atoms with Gasteiger partial charge in [-0.2, -0.15) is 10.2 Å². The van der Waals surface area contributed by atoms with E-state index in [4.69, 9.17) is 16.9 Å². The predicted octanol–water partition coefficient (Wildman–Crippen LogP) is 2.35. The SMILES string of the molecule is Cc1cc(Cl)ccc1Nc1cc(C#N)[nH]c(=O)n1. The van der Waals surface area contributed by atoms with Gasteiger partial charge in [0.1, 0.15) is 17.6 Å². The first-order chi connectivity index (χ1) is 8.58. The topological polar surface area (TPSA) is 81.6 Å². The van der Waals surface area contributed by atoms with Crippen LogP contribution in [-0.4, -0.2) is 9.97 Å². The van der Waals surface area contributed by atoms with Gasteiger partial charge in [0.15, 0.2) is 0 Å². The molecule has 2 aromatic rings. The summed E-state index contributed by atoms with van der Waals surface area (Å²) in [7, 11) is 0. The molecule has 0 aliphatic rings. The summed E-state index contributed by atoms with van der Waals surface area (Å²) in [5, 5.41) is 12.4. The number of aromatic amines is 1. The highest BCUT2D eigenvalue weighted by Gasteiger charge is 2.03. The summed E-state index contributed by atoms with van der Waals surface area (Å²) in [6, 6.07) is 8.64. The van der Waals surface area contributed by atoms with Crippen LogP contribution in [0.1, 0.15) is 11.3 Å². The zero-order valence-electron chi connectivity index (χ0n) is 9.49. The molecule has 0 atom stereocenters. The lowest BCUT2D eigenvalue weighted by atomic mass is 10.2. The van der Waals surface area contributed by atoms with E-state index in [9.17, 15) is 4.79 Å². The van der Waals surface area contributed by atoms with E-state index >= 15 is 0 Å². The van der Waals surface area contributed by atoms with Crippen molar-refractivity contribution in [1.82, 2.24) is 9.97 Å². The molecule has 2 N–H and O–H groups in total. The van der Waals surface area contributed by atoms with Gasteiger partial charge in [-0.05, 0) is 30.7 Å². The standard InChI is InChI=1S/C12H9ClN4O/c1-7-4-8(13)2-3-10(7)16-11-5-9(6-14)15-12(18)17-11/h2-5H,1H3,(H2,15,16,17,18). The summed E-state index contributed by atoms with van der Waals surface area (Å²) in [5.74, 6) is 0.320. The average Bonchev–Trinajstić information content (AvgIpc) is 2.32. The van der Waals surface area contributed by atoms with Crippen LogP contribution < -0.4 is 11.0 Å². The summed E-state index contributed by atoms with van der Waals surface area (Å²) in [5.41, 5.74) is 1.29. The lowest BCUT2D eigenvalue weighted by Crippen LogP contribution is -2.13. The van der Waals surface area contributed by atoms with Gasteiger partial charge in [0.25, 0.3) is 0 Å². The van der Waals surface area contributed by atoms with Crippen molar-refractivity contribution in [3.05, 3.63) is 51.0 Å². The van der Waals surface area contributed by atoms with Gasteiger partial charge in [0.05, 0.1) is 0 Å². The number of nitrogens with zero attached hydrogens (tertiary/aromatic N) is 2. The number of nitriles is 1. The third kappa shape index (κ3) is 2.67. The molecule has 90 valence electrons. The molecular weight excluding hydrogens is 252 g/mol. The lowest BCUT2D eigenvalue weighted by molar-refractivity contribution is 1.06. The third-order valence-corrected chi connectivity index (χ3v) is 2.55. The van der Waals surface area contributed by atoms with E-state index in [-0.39, 0.29) is 5.69 Å². The van der Waals surface area contributed by atoms with Crippen LogP contribution in [0.4, 0.5) is 11.5 Å². The molecular formula is C12H9ClN4O. The molecule has 0 saturated heterocycles. The number of hydrogen-bond acceptors (Lipinski definition) is 4. The van der Waals surface area contributed by atoms with Crippen molar-refractivity contribution in [1.29, 1.82) is 5.26 Å². The van der Waals surface area contributed by atoms with Crippen LogP contribution in [-0.2, 0) is 0 Å². The molecule has 0 spiro atoms. The van der Waals surface area contributed by atoms with Crippen molar-refractivity contribution in [3.63, 3.8) is 0 Å². The first kappa shape index (κ1) is 12.1. The Morgan fingerprint density at radius 2 is 2.22 bits per heavy atom. The van der Waals surface area contributed by atoms with Crippen LogP contribution in [0.5, 0.6) is 0 Å². The Morgan fingerprint density at radius 3 is 2.89 bits per heavy atom. The maximum atomic E-state index is 11.2. The number of H-pyrrole nitrogens is 1. The zero-order chi connectivity index (χ0) is 13.1. The molecule has 0 radical (unpaired) electrons. The number of hydrogen-bond donors (Lipinski definition) is 2. The molecule has 5 nitrogen and oxygen atoms in total. The smallest absolute Gasteiger partial charge is 0.340 e. The monoisotopic (exact) mass is 260 g/mol. The molecule has 0 bridgehead atoms. The Bertz CT molecular complexity index is 687. The lowest BCUT2D eigenvalue weighted by Gasteiger charge is -2.08. The second-order valence-electron chi connectivity index (χ2n) is 3.68. The Morgan fingerprint density at radius 1 is 1.44 bits per heavy atom. The summed E-state index contributed by atoms with van der Waals surface area (Å²) in [4.78, 5) is 17.3. The molecule has 6 heteroatoms. The van der Waals surface area contributed by atoms with Crippen molar-refractivity contribution in [2.75, 3.05) is 5.32 Å². The molecule has 18 heavy (non-hydrogen) atoms. The van der Waals surface area contributed by atoms with Gasteiger partial charge in [-0.15, -0.1) is 0 Å². The minimum Gasteiger partial charge on any atom is -0.340 e. The normalized spacial score (nSPS) is 9.83. The third-order valence-electron chi connectivity index (χ3n) is 2.32. The fourth-order valence-corrected chi connectivity index (χ4v) is 1.71.